The van der Waals surface area contributed by atoms with E-state index in [2.05, 4.69) is 41.4 Å². The highest BCUT2D eigenvalue weighted by Gasteiger charge is 2.17. The average Bonchev–Trinajstić information content (AvgIpc) is 3.26. The second-order valence-electron chi connectivity index (χ2n) is 7.79. The SMILES string of the molecule is CCc1[nH]nc(-c2cnn(C)c2)c1/C=C(\C)c1c(F)ccc(CNC(C)C)c1C. The van der Waals surface area contributed by atoms with Crippen molar-refractivity contribution in [1.82, 2.24) is 25.3 Å². The standard InChI is InChI=1S/C23H30FN5/c1-7-21-19(23(28-27-21)18-12-26-29(6)13-18)10-15(4)22-16(5)17(8-9-20(22)24)11-25-14(2)3/h8-10,12-14,25H,7,11H2,1-6H3,(H,27,28)/b15-10+. The summed E-state index contributed by atoms with van der Waals surface area (Å²) in [4.78, 5) is 0. The van der Waals surface area contributed by atoms with E-state index in [-0.39, 0.29) is 5.82 Å². The zero-order valence-corrected chi connectivity index (χ0v) is 18.1. The monoisotopic (exact) mass is 395 g/mol. The lowest BCUT2D eigenvalue weighted by atomic mass is 9.94. The van der Waals surface area contributed by atoms with Gasteiger partial charge in [0.1, 0.15) is 11.5 Å². The Kier molecular flexibility index (Phi) is 6.33. The molecule has 0 atom stereocenters. The van der Waals surface area contributed by atoms with E-state index in [0.29, 0.717) is 11.6 Å². The Hall–Kier alpha value is -2.73. The van der Waals surface area contributed by atoms with Crippen LogP contribution in [0.1, 0.15) is 55.6 Å². The molecule has 3 aromatic rings. The van der Waals surface area contributed by atoms with E-state index in [1.165, 1.54) is 0 Å². The van der Waals surface area contributed by atoms with Crippen LogP contribution in [-0.4, -0.2) is 26.0 Å². The minimum Gasteiger partial charge on any atom is -0.310 e. The minimum atomic E-state index is -0.200. The van der Waals surface area contributed by atoms with E-state index in [9.17, 15) is 4.39 Å². The first-order valence-corrected chi connectivity index (χ1v) is 10.1. The quantitative estimate of drug-likeness (QED) is 0.599. The summed E-state index contributed by atoms with van der Waals surface area (Å²) >= 11 is 0. The molecule has 2 aromatic heterocycles. The molecule has 2 heterocycles. The molecule has 0 saturated heterocycles. The summed E-state index contributed by atoms with van der Waals surface area (Å²) in [5, 5.41) is 15.3. The molecule has 0 bridgehead atoms. The molecule has 1 aromatic carbocycles. The van der Waals surface area contributed by atoms with E-state index in [4.69, 9.17) is 0 Å². The van der Waals surface area contributed by atoms with Crippen LogP contribution in [0.15, 0.2) is 24.5 Å². The van der Waals surface area contributed by atoms with E-state index >= 15 is 0 Å². The molecule has 5 nitrogen and oxygen atoms in total. The minimum absolute atomic E-state index is 0.200. The Morgan fingerprint density at radius 2 is 2.10 bits per heavy atom. The van der Waals surface area contributed by atoms with Crippen molar-refractivity contribution < 1.29 is 4.39 Å². The number of aromatic nitrogens is 4. The van der Waals surface area contributed by atoms with Crippen LogP contribution in [0.4, 0.5) is 4.39 Å². The Balaban J connectivity index is 2.06. The lowest BCUT2D eigenvalue weighted by Gasteiger charge is -2.15. The van der Waals surface area contributed by atoms with Gasteiger partial charge in [0.05, 0.1) is 6.20 Å². The molecule has 29 heavy (non-hydrogen) atoms. The van der Waals surface area contributed by atoms with E-state index in [1.54, 1.807) is 16.9 Å². The normalized spacial score (nSPS) is 12.2. The molecular formula is C23H30FN5. The summed E-state index contributed by atoms with van der Waals surface area (Å²) in [6.45, 7) is 11.0. The number of hydrogen-bond donors (Lipinski definition) is 2. The Morgan fingerprint density at radius 3 is 2.72 bits per heavy atom. The summed E-state index contributed by atoms with van der Waals surface area (Å²) in [7, 11) is 1.88. The van der Waals surface area contributed by atoms with Crippen LogP contribution in [0.2, 0.25) is 0 Å². The second-order valence-corrected chi connectivity index (χ2v) is 7.79. The number of aromatic amines is 1. The van der Waals surface area contributed by atoms with Crippen LogP contribution in [0.5, 0.6) is 0 Å². The fourth-order valence-electron chi connectivity index (χ4n) is 3.58. The van der Waals surface area contributed by atoms with Crippen molar-refractivity contribution in [2.75, 3.05) is 0 Å². The molecule has 154 valence electrons. The number of H-pyrrole nitrogens is 1. The van der Waals surface area contributed by atoms with Crippen LogP contribution < -0.4 is 5.32 Å². The number of benzene rings is 1. The predicted octanol–water partition coefficient (Wildman–Crippen LogP) is 4.88. The topological polar surface area (TPSA) is 58.5 Å². The van der Waals surface area contributed by atoms with Crippen molar-refractivity contribution in [3.63, 3.8) is 0 Å². The van der Waals surface area contributed by atoms with Crippen molar-refractivity contribution in [2.45, 2.75) is 53.6 Å². The zero-order chi connectivity index (χ0) is 21.1. The molecule has 0 aliphatic carbocycles. The molecule has 0 radical (unpaired) electrons. The maximum atomic E-state index is 14.8. The molecule has 0 unspecified atom stereocenters. The van der Waals surface area contributed by atoms with Gasteiger partial charge in [0.25, 0.3) is 0 Å². The molecule has 3 rings (SSSR count). The van der Waals surface area contributed by atoms with Gasteiger partial charge in [-0.15, -0.1) is 0 Å². The smallest absolute Gasteiger partial charge is 0.130 e. The van der Waals surface area contributed by atoms with Crippen molar-refractivity contribution >= 4 is 11.6 Å². The summed E-state index contributed by atoms with van der Waals surface area (Å²) in [5.74, 6) is -0.200. The van der Waals surface area contributed by atoms with Crippen LogP contribution in [-0.2, 0) is 20.0 Å². The Bertz CT molecular complexity index is 1030. The summed E-state index contributed by atoms with van der Waals surface area (Å²) in [6.07, 6.45) is 6.58. The number of aryl methyl sites for hydroxylation is 2. The van der Waals surface area contributed by atoms with Gasteiger partial charge in [0.2, 0.25) is 0 Å². The van der Waals surface area contributed by atoms with Gasteiger partial charge in [-0.2, -0.15) is 10.2 Å². The summed E-state index contributed by atoms with van der Waals surface area (Å²) in [6, 6.07) is 3.81. The predicted molar refractivity (Wildman–Crippen MR) is 117 cm³/mol. The first kappa shape index (κ1) is 21.0. The molecule has 0 saturated carbocycles. The fraction of sp³-hybridized carbons (Fsp3) is 0.391. The highest BCUT2D eigenvalue weighted by atomic mass is 19.1. The van der Waals surface area contributed by atoms with Gasteiger partial charge in [-0.25, -0.2) is 4.39 Å². The zero-order valence-electron chi connectivity index (χ0n) is 18.1. The molecule has 0 amide bonds. The van der Waals surface area contributed by atoms with Gasteiger partial charge in [-0.3, -0.25) is 9.78 Å². The molecular weight excluding hydrogens is 365 g/mol. The number of halogens is 1. The third kappa shape index (κ3) is 4.48. The van der Waals surface area contributed by atoms with E-state index < -0.39 is 0 Å². The molecule has 6 heteroatoms. The molecule has 0 aliphatic rings. The summed E-state index contributed by atoms with van der Waals surface area (Å²) < 4.78 is 16.6. The molecule has 0 fully saturated rings. The van der Waals surface area contributed by atoms with Crippen LogP contribution in [0.3, 0.4) is 0 Å². The highest BCUT2D eigenvalue weighted by molar-refractivity contribution is 5.87. The Labute approximate surface area is 172 Å². The number of rotatable bonds is 7. The average molecular weight is 396 g/mol. The van der Waals surface area contributed by atoms with Gasteiger partial charge in [-0.05, 0) is 49.1 Å². The van der Waals surface area contributed by atoms with Crippen LogP contribution in [0.25, 0.3) is 22.9 Å². The number of nitrogens with one attached hydrogen (secondary N) is 2. The fourth-order valence-corrected chi connectivity index (χ4v) is 3.58. The van der Waals surface area contributed by atoms with Gasteiger partial charge in [-0.1, -0.05) is 26.8 Å². The largest absolute Gasteiger partial charge is 0.310 e. The lowest BCUT2D eigenvalue weighted by Crippen LogP contribution is -2.22. The summed E-state index contributed by atoms with van der Waals surface area (Å²) in [5.41, 5.74) is 7.41. The third-order valence-electron chi connectivity index (χ3n) is 5.20. The first-order valence-electron chi connectivity index (χ1n) is 10.1. The highest BCUT2D eigenvalue weighted by Crippen LogP contribution is 2.31. The van der Waals surface area contributed by atoms with E-state index in [0.717, 1.165) is 52.2 Å². The first-order chi connectivity index (χ1) is 13.8. The van der Waals surface area contributed by atoms with Gasteiger partial charge < -0.3 is 5.32 Å². The van der Waals surface area contributed by atoms with Crippen molar-refractivity contribution in [1.29, 1.82) is 0 Å². The van der Waals surface area contributed by atoms with Crippen molar-refractivity contribution in [3.05, 3.63) is 58.3 Å². The van der Waals surface area contributed by atoms with Gasteiger partial charge in [0.15, 0.2) is 0 Å². The Morgan fingerprint density at radius 1 is 1.34 bits per heavy atom. The van der Waals surface area contributed by atoms with Crippen LogP contribution >= 0.6 is 0 Å². The molecule has 0 aliphatic heterocycles. The number of hydrogen-bond acceptors (Lipinski definition) is 3. The molecule has 2 N–H and O–H groups in total. The maximum absolute atomic E-state index is 14.8. The number of allylic oxidation sites excluding steroid dienone is 1. The van der Waals surface area contributed by atoms with E-state index in [1.807, 2.05) is 39.2 Å². The van der Waals surface area contributed by atoms with Gasteiger partial charge >= 0.3 is 0 Å². The van der Waals surface area contributed by atoms with Gasteiger partial charge in [0, 0.05) is 48.2 Å². The third-order valence-corrected chi connectivity index (χ3v) is 5.20. The van der Waals surface area contributed by atoms with Crippen LogP contribution in [0, 0.1) is 12.7 Å². The molecule has 0 spiro atoms. The maximum Gasteiger partial charge on any atom is 0.130 e. The number of nitrogens with zero attached hydrogens (tertiary/aromatic N) is 3. The van der Waals surface area contributed by atoms with Crippen molar-refractivity contribution in [2.24, 2.45) is 7.05 Å². The van der Waals surface area contributed by atoms with Crippen molar-refractivity contribution in [3.8, 4) is 11.3 Å². The second kappa shape index (κ2) is 8.74. The lowest BCUT2D eigenvalue weighted by molar-refractivity contribution is 0.583.